The highest BCUT2D eigenvalue weighted by Gasteiger charge is 2.19. The van der Waals surface area contributed by atoms with E-state index in [1.807, 2.05) is 6.92 Å². The lowest BCUT2D eigenvalue weighted by atomic mass is 10.2. The molecule has 0 heterocycles. The molecule has 0 saturated carbocycles. The van der Waals surface area contributed by atoms with Gasteiger partial charge in [-0.3, -0.25) is 14.5 Å². The van der Waals surface area contributed by atoms with Gasteiger partial charge in [-0.05, 0) is 13.6 Å². The molecule has 0 amide bonds. The van der Waals surface area contributed by atoms with E-state index in [4.69, 9.17) is 10.2 Å². The topological polar surface area (TPSA) is 89.9 Å². The second kappa shape index (κ2) is 7.19. The SMILES string of the molecule is CCNCC(CC(=O)O)N(C)CC(=O)O. The normalized spacial score (nSPS) is 12.7. The van der Waals surface area contributed by atoms with Crippen molar-refractivity contribution in [2.75, 3.05) is 26.7 Å². The third-order valence-electron chi connectivity index (χ3n) is 2.05. The Bertz CT molecular complexity index is 220. The maximum absolute atomic E-state index is 10.6. The van der Waals surface area contributed by atoms with E-state index in [1.54, 1.807) is 7.05 Å². The second-order valence-corrected chi connectivity index (χ2v) is 3.37. The summed E-state index contributed by atoms with van der Waals surface area (Å²) in [5.74, 6) is -1.88. The maximum atomic E-state index is 10.6. The first-order chi connectivity index (χ1) is 6.97. The smallest absolute Gasteiger partial charge is 0.317 e. The molecular weight excluding hydrogens is 200 g/mol. The van der Waals surface area contributed by atoms with Gasteiger partial charge < -0.3 is 15.5 Å². The summed E-state index contributed by atoms with van der Waals surface area (Å²) >= 11 is 0. The van der Waals surface area contributed by atoms with E-state index in [1.165, 1.54) is 4.90 Å². The molecule has 0 aliphatic rings. The fourth-order valence-electron chi connectivity index (χ4n) is 1.24. The summed E-state index contributed by atoms with van der Waals surface area (Å²) in [6.07, 6.45) is -0.0587. The Hall–Kier alpha value is -1.14. The molecule has 6 heteroatoms. The number of likely N-dealkylation sites (N-methyl/N-ethyl adjacent to an activating group) is 2. The molecule has 3 N–H and O–H groups in total. The van der Waals surface area contributed by atoms with Gasteiger partial charge in [-0.2, -0.15) is 0 Å². The zero-order chi connectivity index (χ0) is 11.8. The zero-order valence-corrected chi connectivity index (χ0v) is 9.06. The molecule has 0 fully saturated rings. The molecule has 0 aliphatic heterocycles. The average molecular weight is 218 g/mol. The van der Waals surface area contributed by atoms with E-state index in [-0.39, 0.29) is 19.0 Å². The van der Waals surface area contributed by atoms with E-state index in [0.717, 1.165) is 6.54 Å². The van der Waals surface area contributed by atoms with Crippen molar-refractivity contribution in [3.8, 4) is 0 Å². The molecule has 1 unspecified atom stereocenters. The number of hydrogen-bond donors (Lipinski definition) is 3. The van der Waals surface area contributed by atoms with Gasteiger partial charge in [-0.15, -0.1) is 0 Å². The van der Waals surface area contributed by atoms with Crippen molar-refractivity contribution in [3.05, 3.63) is 0 Å². The fraction of sp³-hybridized carbons (Fsp3) is 0.778. The van der Waals surface area contributed by atoms with Crippen molar-refractivity contribution in [1.82, 2.24) is 10.2 Å². The lowest BCUT2D eigenvalue weighted by Crippen LogP contribution is -2.43. The summed E-state index contributed by atoms with van der Waals surface area (Å²) in [5, 5.41) is 20.3. The van der Waals surface area contributed by atoms with Gasteiger partial charge in [0.05, 0.1) is 13.0 Å². The lowest BCUT2D eigenvalue weighted by Gasteiger charge is -2.25. The quantitative estimate of drug-likeness (QED) is 0.507. The van der Waals surface area contributed by atoms with Crippen LogP contribution >= 0.6 is 0 Å². The van der Waals surface area contributed by atoms with Gasteiger partial charge in [0.15, 0.2) is 0 Å². The molecule has 0 rings (SSSR count). The van der Waals surface area contributed by atoms with Crippen LogP contribution in [0.5, 0.6) is 0 Å². The highest BCUT2D eigenvalue weighted by molar-refractivity contribution is 5.70. The molecule has 0 aromatic heterocycles. The van der Waals surface area contributed by atoms with Crippen LogP contribution in [0.4, 0.5) is 0 Å². The minimum Gasteiger partial charge on any atom is -0.481 e. The minimum absolute atomic E-state index is 0.0587. The van der Waals surface area contributed by atoms with E-state index in [0.29, 0.717) is 6.54 Å². The Labute approximate surface area is 88.9 Å². The Morgan fingerprint density at radius 3 is 2.33 bits per heavy atom. The third kappa shape index (κ3) is 6.87. The number of nitrogens with zero attached hydrogens (tertiary/aromatic N) is 1. The van der Waals surface area contributed by atoms with Crippen LogP contribution < -0.4 is 5.32 Å². The van der Waals surface area contributed by atoms with Gasteiger partial charge in [0.25, 0.3) is 0 Å². The van der Waals surface area contributed by atoms with Crippen LogP contribution in [-0.2, 0) is 9.59 Å². The Morgan fingerprint density at radius 1 is 1.33 bits per heavy atom. The Morgan fingerprint density at radius 2 is 1.93 bits per heavy atom. The van der Waals surface area contributed by atoms with Crippen LogP contribution in [-0.4, -0.2) is 59.8 Å². The zero-order valence-electron chi connectivity index (χ0n) is 9.06. The Balaban J connectivity index is 4.19. The minimum atomic E-state index is -0.954. The van der Waals surface area contributed by atoms with Crippen molar-refractivity contribution in [1.29, 1.82) is 0 Å². The average Bonchev–Trinajstić information content (AvgIpc) is 2.10. The molecule has 0 spiro atoms. The van der Waals surface area contributed by atoms with Gasteiger partial charge in [0.1, 0.15) is 0 Å². The number of carboxylic acid groups (broad SMARTS) is 2. The van der Waals surface area contributed by atoms with Crippen molar-refractivity contribution >= 4 is 11.9 Å². The van der Waals surface area contributed by atoms with Crippen molar-refractivity contribution in [2.24, 2.45) is 0 Å². The highest BCUT2D eigenvalue weighted by atomic mass is 16.4. The number of carbonyl (C=O) groups is 2. The van der Waals surface area contributed by atoms with Gasteiger partial charge in [0, 0.05) is 12.6 Å². The predicted octanol–water partition coefficient (Wildman–Crippen LogP) is -0.544. The van der Waals surface area contributed by atoms with Crippen LogP contribution in [0, 0.1) is 0 Å². The van der Waals surface area contributed by atoms with Crippen molar-refractivity contribution in [3.63, 3.8) is 0 Å². The molecule has 6 nitrogen and oxygen atoms in total. The van der Waals surface area contributed by atoms with Crippen LogP contribution in [0.1, 0.15) is 13.3 Å². The fourth-order valence-corrected chi connectivity index (χ4v) is 1.24. The van der Waals surface area contributed by atoms with Gasteiger partial charge in [-0.25, -0.2) is 0 Å². The molecule has 0 saturated heterocycles. The van der Waals surface area contributed by atoms with Crippen molar-refractivity contribution in [2.45, 2.75) is 19.4 Å². The lowest BCUT2D eigenvalue weighted by molar-refractivity contribution is -0.142. The summed E-state index contributed by atoms with van der Waals surface area (Å²) in [5.41, 5.74) is 0. The van der Waals surface area contributed by atoms with Crippen molar-refractivity contribution < 1.29 is 19.8 Å². The first-order valence-corrected chi connectivity index (χ1v) is 4.81. The molecular formula is C9H18N2O4. The van der Waals surface area contributed by atoms with Crippen LogP contribution in [0.25, 0.3) is 0 Å². The largest absolute Gasteiger partial charge is 0.481 e. The summed E-state index contributed by atoms with van der Waals surface area (Å²) < 4.78 is 0. The second-order valence-electron chi connectivity index (χ2n) is 3.37. The van der Waals surface area contributed by atoms with Gasteiger partial charge in [0.2, 0.25) is 0 Å². The van der Waals surface area contributed by atoms with E-state index < -0.39 is 11.9 Å². The van der Waals surface area contributed by atoms with E-state index >= 15 is 0 Å². The highest BCUT2D eigenvalue weighted by Crippen LogP contribution is 2.01. The predicted molar refractivity (Wildman–Crippen MR) is 54.9 cm³/mol. The molecule has 0 bridgehead atoms. The van der Waals surface area contributed by atoms with Crippen LogP contribution in [0.2, 0.25) is 0 Å². The van der Waals surface area contributed by atoms with Crippen LogP contribution in [0.15, 0.2) is 0 Å². The number of hydrogen-bond acceptors (Lipinski definition) is 4. The first kappa shape index (κ1) is 13.9. The molecule has 0 aliphatic carbocycles. The third-order valence-corrected chi connectivity index (χ3v) is 2.05. The first-order valence-electron chi connectivity index (χ1n) is 4.81. The van der Waals surface area contributed by atoms with Crippen LogP contribution in [0.3, 0.4) is 0 Å². The summed E-state index contributed by atoms with van der Waals surface area (Å²) in [7, 11) is 1.61. The molecule has 1 atom stereocenters. The number of nitrogens with one attached hydrogen (secondary N) is 1. The molecule has 0 aromatic carbocycles. The van der Waals surface area contributed by atoms with E-state index in [9.17, 15) is 9.59 Å². The Kier molecular flexibility index (Phi) is 6.64. The van der Waals surface area contributed by atoms with Gasteiger partial charge >= 0.3 is 11.9 Å². The summed E-state index contributed by atoms with van der Waals surface area (Å²) in [4.78, 5) is 22.6. The number of aliphatic carboxylic acids is 2. The van der Waals surface area contributed by atoms with E-state index in [2.05, 4.69) is 5.32 Å². The number of rotatable bonds is 8. The molecule has 0 aromatic rings. The molecule has 0 radical (unpaired) electrons. The molecule has 88 valence electrons. The van der Waals surface area contributed by atoms with Gasteiger partial charge in [-0.1, -0.05) is 6.92 Å². The summed E-state index contributed by atoms with van der Waals surface area (Å²) in [6, 6.07) is -0.293. The maximum Gasteiger partial charge on any atom is 0.317 e. The standard InChI is InChI=1S/C9H18N2O4/c1-3-10-5-7(4-8(12)13)11(2)6-9(14)15/h7,10H,3-6H2,1-2H3,(H,12,13)(H,14,15). The molecule has 15 heavy (non-hydrogen) atoms. The number of carboxylic acids is 2. The monoisotopic (exact) mass is 218 g/mol. The summed E-state index contributed by atoms with van der Waals surface area (Å²) in [6.45, 7) is 2.97.